The van der Waals surface area contributed by atoms with Gasteiger partial charge < -0.3 is 24.2 Å². The third-order valence-electron chi connectivity index (χ3n) is 5.67. The van der Waals surface area contributed by atoms with Crippen LogP contribution >= 0.6 is 0 Å². The quantitative estimate of drug-likeness (QED) is 0.366. The molecule has 1 aromatic heterocycles. The maximum absolute atomic E-state index is 13.2. The van der Waals surface area contributed by atoms with Crippen LogP contribution in [0.4, 0.5) is 0 Å². The molecule has 5 rings (SSSR count). The van der Waals surface area contributed by atoms with Gasteiger partial charge in [0, 0.05) is 24.5 Å². The van der Waals surface area contributed by atoms with Gasteiger partial charge in [-0.2, -0.15) is 0 Å². The Bertz CT molecular complexity index is 1270. The first-order chi connectivity index (χ1) is 16.1. The zero-order chi connectivity index (χ0) is 22.9. The standard InChI is InChI=1S/C25H20N2O6/c1-31-18-6-2-4-15(10-18)13-27-22(17-5-3-9-26-12-17)21(24(29)25(27)30)23(28)16-7-8-19-20(11-16)33-14-32-19/h2-12,22,28H,13-14H2,1H3/b23-21-. The lowest BCUT2D eigenvalue weighted by atomic mass is 9.96. The van der Waals surface area contributed by atoms with E-state index in [0.29, 0.717) is 28.4 Å². The molecule has 8 heteroatoms. The molecule has 0 radical (unpaired) electrons. The van der Waals surface area contributed by atoms with Crippen LogP contribution in [0.1, 0.15) is 22.7 Å². The largest absolute Gasteiger partial charge is 0.507 e. The molecule has 1 unspecified atom stereocenters. The third-order valence-corrected chi connectivity index (χ3v) is 5.67. The lowest BCUT2D eigenvalue weighted by Gasteiger charge is -2.25. The summed E-state index contributed by atoms with van der Waals surface area (Å²) in [5.74, 6) is -0.0941. The first-order valence-corrected chi connectivity index (χ1v) is 10.3. The molecule has 0 spiro atoms. The van der Waals surface area contributed by atoms with E-state index < -0.39 is 17.7 Å². The van der Waals surface area contributed by atoms with E-state index in [1.54, 1.807) is 62.0 Å². The first kappa shape index (κ1) is 20.6. The summed E-state index contributed by atoms with van der Waals surface area (Å²) in [4.78, 5) is 31.9. The van der Waals surface area contributed by atoms with Gasteiger partial charge in [0.2, 0.25) is 6.79 Å². The molecule has 33 heavy (non-hydrogen) atoms. The smallest absolute Gasteiger partial charge is 0.295 e. The number of ketones is 1. The molecule has 1 saturated heterocycles. The number of carbonyl (C=O) groups excluding carboxylic acids is 2. The van der Waals surface area contributed by atoms with Crippen LogP contribution in [0.15, 0.2) is 72.6 Å². The van der Waals surface area contributed by atoms with Crippen molar-refractivity contribution in [2.75, 3.05) is 13.9 Å². The molecule has 1 fully saturated rings. The molecule has 0 saturated carbocycles. The van der Waals surface area contributed by atoms with Crippen molar-refractivity contribution < 1.29 is 28.9 Å². The number of aliphatic hydroxyl groups excluding tert-OH is 1. The van der Waals surface area contributed by atoms with Crippen LogP contribution in [0.25, 0.3) is 5.76 Å². The first-order valence-electron chi connectivity index (χ1n) is 10.3. The Balaban J connectivity index is 1.61. The summed E-state index contributed by atoms with van der Waals surface area (Å²) in [7, 11) is 1.56. The van der Waals surface area contributed by atoms with Crippen LogP contribution in [0, 0.1) is 0 Å². The molecule has 2 aliphatic rings. The zero-order valence-electron chi connectivity index (χ0n) is 17.7. The number of amides is 1. The monoisotopic (exact) mass is 444 g/mol. The fourth-order valence-corrected chi connectivity index (χ4v) is 4.09. The molecule has 3 aromatic rings. The average molecular weight is 444 g/mol. The number of hydrogen-bond donors (Lipinski definition) is 1. The number of likely N-dealkylation sites (tertiary alicyclic amines) is 1. The van der Waals surface area contributed by atoms with Crippen LogP contribution in [-0.4, -0.2) is 40.6 Å². The van der Waals surface area contributed by atoms with E-state index >= 15 is 0 Å². The molecule has 2 aliphatic heterocycles. The van der Waals surface area contributed by atoms with E-state index in [2.05, 4.69) is 4.98 Å². The minimum atomic E-state index is -0.810. The van der Waals surface area contributed by atoms with Gasteiger partial charge in [0.25, 0.3) is 11.7 Å². The van der Waals surface area contributed by atoms with Crippen molar-refractivity contribution in [3.05, 3.63) is 89.3 Å². The summed E-state index contributed by atoms with van der Waals surface area (Å²) >= 11 is 0. The summed E-state index contributed by atoms with van der Waals surface area (Å²) in [6.45, 7) is 0.236. The number of carbonyl (C=O) groups is 2. The van der Waals surface area contributed by atoms with Crippen LogP contribution in [-0.2, 0) is 16.1 Å². The summed E-state index contributed by atoms with van der Waals surface area (Å²) in [5, 5.41) is 11.2. The Morgan fingerprint density at radius 1 is 1.12 bits per heavy atom. The number of rotatable bonds is 5. The van der Waals surface area contributed by atoms with Crippen molar-refractivity contribution in [3.63, 3.8) is 0 Å². The van der Waals surface area contributed by atoms with Crippen molar-refractivity contribution in [1.29, 1.82) is 0 Å². The number of benzene rings is 2. The number of nitrogens with zero attached hydrogens (tertiary/aromatic N) is 2. The minimum Gasteiger partial charge on any atom is -0.507 e. The number of aromatic nitrogens is 1. The fraction of sp³-hybridized carbons (Fsp3) is 0.160. The summed E-state index contributed by atoms with van der Waals surface area (Å²) in [5.41, 5.74) is 1.75. The lowest BCUT2D eigenvalue weighted by Crippen LogP contribution is -2.29. The molecule has 166 valence electrons. The van der Waals surface area contributed by atoms with Crippen molar-refractivity contribution >= 4 is 17.4 Å². The van der Waals surface area contributed by atoms with Crippen LogP contribution in [0.5, 0.6) is 17.2 Å². The van der Waals surface area contributed by atoms with Crippen LogP contribution < -0.4 is 14.2 Å². The second kappa shape index (κ2) is 8.31. The summed E-state index contributed by atoms with van der Waals surface area (Å²) in [6.07, 6.45) is 3.19. The molecule has 1 N–H and O–H groups in total. The second-order valence-electron chi connectivity index (χ2n) is 7.63. The number of pyridine rings is 1. The molecular weight excluding hydrogens is 424 g/mol. The van der Waals surface area contributed by atoms with Gasteiger partial charge in [-0.3, -0.25) is 14.6 Å². The molecule has 1 amide bonds. The van der Waals surface area contributed by atoms with Crippen molar-refractivity contribution in [1.82, 2.24) is 9.88 Å². The van der Waals surface area contributed by atoms with E-state index in [4.69, 9.17) is 14.2 Å². The van der Waals surface area contributed by atoms with Gasteiger partial charge in [-0.15, -0.1) is 0 Å². The van der Waals surface area contributed by atoms with Gasteiger partial charge >= 0.3 is 0 Å². The topological polar surface area (TPSA) is 98.2 Å². The van der Waals surface area contributed by atoms with E-state index in [0.717, 1.165) is 5.56 Å². The Morgan fingerprint density at radius 3 is 2.76 bits per heavy atom. The SMILES string of the molecule is COc1cccc(CN2C(=O)C(=O)/C(=C(\O)c3ccc4c(c3)OCO4)C2c2cccnc2)c1. The summed E-state index contributed by atoms with van der Waals surface area (Å²) in [6, 6.07) is 14.8. The van der Waals surface area contributed by atoms with E-state index in [-0.39, 0.29) is 24.7 Å². The average Bonchev–Trinajstić information content (AvgIpc) is 3.42. The van der Waals surface area contributed by atoms with Crippen molar-refractivity contribution in [2.24, 2.45) is 0 Å². The van der Waals surface area contributed by atoms with Gasteiger partial charge in [0.15, 0.2) is 11.5 Å². The maximum atomic E-state index is 13.2. The molecule has 0 aliphatic carbocycles. The van der Waals surface area contributed by atoms with Crippen molar-refractivity contribution in [2.45, 2.75) is 12.6 Å². The number of fused-ring (bicyclic) bond motifs is 1. The van der Waals surface area contributed by atoms with Crippen molar-refractivity contribution in [3.8, 4) is 17.2 Å². The Labute approximate surface area is 189 Å². The maximum Gasteiger partial charge on any atom is 0.295 e. The van der Waals surface area contributed by atoms with Gasteiger partial charge in [-0.1, -0.05) is 18.2 Å². The highest BCUT2D eigenvalue weighted by Gasteiger charge is 2.46. The van der Waals surface area contributed by atoms with Crippen LogP contribution in [0.3, 0.4) is 0 Å². The second-order valence-corrected chi connectivity index (χ2v) is 7.63. The van der Waals surface area contributed by atoms with E-state index in [9.17, 15) is 14.7 Å². The number of hydrogen-bond acceptors (Lipinski definition) is 7. The fourth-order valence-electron chi connectivity index (χ4n) is 4.09. The minimum absolute atomic E-state index is 0.00485. The zero-order valence-corrected chi connectivity index (χ0v) is 17.7. The number of aliphatic hydroxyl groups is 1. The highest BCUT2D eigenvalue weighted by molar-refractivity contribution is 6.46. The Kier molecular flexibility index (Phi) is 5.18. The van der Waals surface area contributed by atoms with E-state index in [1.165, 1.54) is 4.90 Å². The highest BCUT2D eigenvalue weighted by atomic mass is 16.7. The van der Waals surface area contributed by atoms with E-state index in [1.807, 2.05) is 12.1 Å². The molecule has 3 heterocycles. The Morgan fingerprint density at radius 2 is 1.97 bits per heavy atom. The van der Waals surface area contributed by atoms with Gasteiger partial charge in [-0.05, 0) is 47.5 Å². The van der Waals surface area contributed by atoms with Gasteiger partial charge in [-0.25, -0.2) is 0 Å². The molecule has 2 aromatic carbocycles. The molecule has 1 atom stereocenters. The summed E-state index contributed by atoms with van der Waals surface area (Å²) < 4.78 is 16.0. The predicted molar refractivity (Wildman–Crippen MR) is 118 cm³/mol. The normalized spacial score (nSPS) is 18.6. The third kappa shape index (κ3) is 3.65. The lowest BCUT2D eigenvalue weighted by molar-refractivity contribution is -0.140. The number of ether oxygens (including phenoxy) is 3. The van der Waals surface area contributed by atoms with Crippen LogP contribution in [0.2, 0.25) is 0 Å². The molecular formula is C25H20N2O6. The molecule has 8 nitrogen and oxygen atoms in total. The Hall–Kier alpha value is -4.33. The molecule has 0 bridgehead atoms. The number of Topliss-reactive ketones (excluding diaryl/α,β-unsaturated/α-hetero) is 1. The van der Waals surface area contributed by atoms with Gasteiger partial charge in [0.1, 0.15) is 11.5 Å². The number of methoxy groups -OCH3 is 1. The van der Waals surface area contributed by atoms with Gasteiger partial charge in [0.05, 0.1) is 18.7 Å². The highest BCUT2D eigenvalue weighted by Crippen LogP contribution is 2.42. The predicted octanol–water partition coefficient (Wildman–Crippen LogP) is 3.44.